The van der Waals surface area contributed by atoms with E-state index in [4.69, 9.17) is 4.84 Å². The Labute approximate surface area is 95.4 Å². The minimum absolute atomic E-state index is 1.15. The topological polar surface area (TPSA) is 13.1 Å². The van der Waals surface area contributed by atoms with Crippen LogP contribution >= 0.6 is 0 Å². The third kappa shape index (κ3) is 2.70. The molecule has 80 valence electrons. The van der Waals surface area contributed by atoms with E-state index in [1.54, 1.807) is 11.8 Å². The molecule has 1 aromatic carbocycles. The zero-order chi connectivity index (χ0) is 11.2. The van der Waals surface area contributed by atoms with E-state index < -0.39 is 0 Å². The van der Waals surface area contributed by atoms with Crippen LogP contribution in [0.4, 0.5) is 0 Å². The van der Waals surface area contributed by atoms with Crippen molar-refractivity contribution in [3.05, 3.63) is 66.0 Å². The molecule has 16 heavy (non-hydrogen) atoms. The first kappa shape index (κ1) is 10.4. The van der Waals surface area contributed by atoms with Gasteiger partial charge in [-0.25, -0.2) is 0 Å². The van der Waals surface area contributed by atoms with Crippen molar-refractivity contribution >= 4 is 12.2 Å². The van der Waals surface area contributed by atoms with Crippen LogP contribution in [-0.2, 0) is 0 Å². The van der Waals surface area contributed by atoms with Crippen LogP contribution in [0.2, 0.25) is 0 Å². The largest absolute Gasteiger partial charge is 0.275 e. The van der Waals surface area contributed by atoms with Crippen LogP contribution in [0.1, 0.15) is 11.1 Å². The molecule has 2 aromatic rings. The summed E-state index contributed by atoms with van der Waals surface area (Å²) in [6.07, 6.45) is 7.93. The molecule has 2 heteroatoms. The number of aromatic nitrogens is 1. The maximum atomic E-state index is 5.02. The van der Waals surface area contributed by atoms with Crippen LogP contribution in [0.5, 0.6) is 0 Å². The molecule has 0 saturated carbocycles. The number of pyridine rings is 1. The van der Waals surface area contributed by atoms with Crippen molar-refractivity contribution in [3.8, 4) is 0 Å². The molecule has 0 aliphatic rings. The fraction of sp³-hybridized carbons (Fsp3) is 0.0714. The van der Waals surface area contributed by atoms with Crippen LogP contribution in [0.15, 0.2) is 54.9 Å². The summed E-state index contributed by atoms with van der Waals surface area (Å²) in [7, 11) is 1.64. The molecular weight excluding hydrogens is 198 g/mol. The minimum Gasteiger partial charge on any atom is -0.275 e. The molecule has 0 radical (unpaired) electrons. The third-order valence-electron chi connectivity index (χ3n) is 2.31. The lowest BCUT2D eigenvalue weighted by atomic mass is 10.2. The van der Waals surface area contributed by atoms with Crippen molar-refractivity contribution in [2.75, 3.05) is 7.11 Å². The smallest absolute Gasteiger partial charge is 0.223 e. The molecule has 0 atom stereocenters. The van der Waals surface area contributed by atoms with Crippen LogP contribution < -0.4 is 9.57 Å². The average molecular weight is 212 g/mol. The normalized spacial score (nSPS) is 10.6. The average Bonchev–Trinajstić information content (AvgIpc) is 2.38. The monoisotopic (exact) mass is 212 g/mol. The van der Waals surface area contributed by atoms with Gasteiger partial charge in [-0.3, -0.25) is 4.84 Å². The number of nitrogens with zero attached hydrogens (tertiary/aromatic N) is 1. The molecule has 0 aliphatic carbocycles. The van der Waals surface area contributed by atoms with Gasteiger partial charge in [0.25, 0.3) is 0 Å². The summed E-state index contributed by atoms with van der Waals surface area (Å²) in [5.41, 5.74) is 2.35. The molecule has 0 bridgehead atoms. The first-order chi connectivity index (χ1) is 7.88. The Hall–Kier alpha value is -2.09. The van der Waals surface area contributed by atoms with Crippen LogP contribution in [0.25, 0.3) is 12.2 Å². The lowest BCUT2D eigenvalue weighted by Crippen LogP contribution is -2.39. The quantitative estimate of drug-likeness (QED) is 0.711. The first-order valence-corrected chi connectivity index (χ1v) is 5.17. The molecule has 0 aliphatic heterocycles. The van der Waals surface area contributed by atoms with E-state index in [0.29, 0.717) is 0 Å². The van der Waals surface area contributed by atoms with Crippen LogP contribution in [0, 0.1) is 0 Å². The predicted molar refractivity (Wildman–Crippen MR) is 64.5 cm³/mol. The van der Waals surface area contributed by atoms with Crippen molar-refractivity contribution in [2.45, 2.75) is 0 Å². The summed E-state index contributed by atoms with van der Waals surface area (Å²) in [4.78, 5) is 5.02. The van der Waals surface area contributed by atoms with E-state index in [1.165, 1.54) is 5.56 Å². The molecule has 2 nitrogen and oxygen atoms in total. The van der Waals surface area contributed by atoms with Crippen molar-refractivity contribution in [1.82, 2.24) is 0 Å². The fourth-order valence-corrected chi connectivity index (χ4v) is 1.41. The molecule has 0 N–H and O–H groups in total. The molecule has 0 fully saturated rings. The summed E-state index contributed by atoms with van der Waals surface area (Å²) in [6, 6.07) is 14.2. The highest BCUT2D eigenvalue weighted by Crippen LogP contribution is 2.05. The third-order valence-corrected chi connectivity index (χ3v) is 2.31. The van der Waals surface area contributed by atoms with Gasteiger partial charge >= 0.3 is 0 Å². The predicted octanol–water partition coefficient (Wildman–Crippen LogP) is 2.20. The van der Waals surface area contributed by atoms with Crippen LogP contribution in [0.3, 0.4) is 0 Å². The van der Waals surface area contributed by atoms with Gasteiger partial charge in [0.05, 0.1) is 0 Å². The van der Waals surface area contributed by atoms with Gasteiger partial charge in [-0.05, 0) is 11.1 Å². The number of hydrogen-bond donors (Lipinski definition) is 0. The van der Waals surface area contributed by atoms with Crippen molar-refractivity contribution in [2.24, 2.45) is 0 Å². The second-order valence-corrected chi connectivity index (χ2v) is 3.42. The van der Waals surface area contributed by atoms with Gasteiger partial charge in [-0.2, -0.15) is 0 Å². The Morgan fingerprint density at radius 2 is 1.44 bits per heavy atom. The van der Waals surface area contributed by atoms with Gasteiger partial charge in [0.1, 0.15) is 7.11 Å². The lowest BCUT2D eigenvalue weighted by Gasteiger charge is -1.93. The van der Waals surface area contributed by atoms with Gasteiger partial charge in [0.2, 0.25) is 12.4 Å². The standard InChI is InChI=1S/C14H14NO/c1-16-15-11-9-14(10-12-15)8-7-13-5-3-2-4-6-13/h2-12H,1H3/q+1/b8-7+. The second kappa shape index (κ2) is 5.12. The van der Waals surface area contributed by atoms with Gasteiger partial charge in [0.15, 0.2) is 0 Å². The highest BCUT2D eigenvalue weighted by molar-refractivity contribution is 5.68. The molecule has 2 rings (SSSR count). The zero-order valence-electron chi connectivity index (χ0n) is 9.21. The van der Waals surface area contributed by atoms with E-state index in [-0.39, 0.29) is 0 Å². The first-order valence-electron chi connectivity index (χ1n) is 5.17. The zero-order valence-corrected chi connectivity index (χ0v) is 9.21. The minimum atomic E-state index is 1.15. The maximum absolute atomic E-state index is 5.02. The Morgan fingerprint density at radius 3 is 2.00 bits per heavy atom. The molecule has 1 aromatic heterocycles. The van der Waals surface area contributed by atoms with E-state index in [9.17, 15) is 0 Å². The van der Waals surface area contributed by atoms with Crippen molar-refractivity contribution in [1.29, 1.82) is 0 Å². The van der Waals surface area contributed by atoms with E-state index in [1.807, 2.05) is 42.7 Å². The summed E-state index contributed by atoms with van der Waals surface area (Å²) in [5, 5.41) is 0. The molecule has 1 heterocycles. The maximum Gasteiger partial charge on any atom is 0.223 e. The van der Waals surface area contributed by atoms with Gasteiger partial charge < -0.3 is 0 Å². The molecular formula is C14H14NO+. The summed E-state index contributed by atoms with van der Waals surface area (Å²) >= 11 is 0. The van der Waals surface area contributed by atoms with Gasteiger partial charge in [-0.15, -0.1) is 0 Å². The fourth-order valence-electron chi connectivity index (χ4n) is 1.41. The molecule has 0 unspecified atom stereocenters. The highest BCUT2D eigenvalue weighted by Gasteiger charge is 1.96. The Kier molecular flexibility index (Phi) is 3.34. The van der Waals surface area contributed by atoms with Gasteiger partial charge in [0, 0.05) is 16.9 Å². The molecule has 0 amide bonds. The lowest BCUT2D eigenvalue weighted by molar-refractivity contribution is -0.885. The van der Waals surface area contributed by atoms with Gasteiger partial charge in [-0.1, -0.05) is 42.5 Å². The van der Waals surface area contributed by atoms with Crippen LogP contribution in [-0.4, -0.2) is 7.11 Å². The second-order valence-electron chi connectivity index (χ2n) is 3.42. The number of benzene rings is 1. The Bertz CT molecular complexity index is 460. The molecule has 0 spiro atoms. The van der Waals surface area contributed by atoms with E-state index in [0.717, 1.165) is 5.56 Å². The molecule has 0 saturated heterocycles. The van der Waals surface area contributed by atoms with E-state index in [2.05, 4.69) is 24.3 Å². The SMILES string of the molecule is CO[n+]1ccc(/C=C/c2ccccc2)cc1. The number of rotatable bonds is 3. The van der Waals surface area contributed by atoms with E-state index >= 15 is 0 Å². The summed E-state index contributed by atoms with van der Waals surface area (Å²) in [6.45, 7) is 0. The van der Waals surface area contributed by atoms with Crippen molar-refractivity contribution in [3.63, 3.8) is 0 Å². The summed E-state index contributed by atoms with van der Waals surface area (Å²) in [5.74, 6) is 0. The number of hydrogen-bond acceptors (Lipinski definition) is 1. The highest BCUT2D eigenvalue weighted by atomic mass is 16.6. The summed E-state index contributed by atoms with van der Waals surface area (Å²) < 4.78 is 1.65. The Balaban J connectivity index is 2.12. The Morgan fingerprint density at radius 1 is 0.875 bits per heavy atom. The van der Waals surface area contributed by atoms with Crippen molar-refractivity contribution < 1.29 is 9.57 Å².